The fourth-order valence-electron chi connectivity index (χ4n) is 1.63. The lowest BCUT2D eigenvalue weighted by atomic mass is 10.2. The quantitative estimate of drug-likeness (QED) is 0.827. The molecular weight excluding hydrogens is 262 g/mol. The van der Waals surface area contributed by atoms with E-state index in [-0.39, 0.29) is 11.9 Å². The molecule has 1 saturated heterocycles. The number of halogens is 1. The normalized spacial score (nSPS) is 20.5. The predicted molar refractivity (Wildman–Crippen MR) is 57.7 cm³/mol. The zero-order valence-corrected chi connectivity index (χ0v) is 9.99. The molecule has 0 spiro atoms. The van der Waals surface area contributed by atoms with Crippen LogP contribution in [0.3, 0.4) is 0 Å². The largest absolute Gasteiger partial charge is 0.457 e. The first kappa shape index (κ1) is 10.7. The molecule has 1 aromatic heterocycles. The average Bonchev–Trinajstić information content (AvgIpc) is 2.85. The van der Waals surface area contributed by atoms with Crippen molar-refractivity contribution in [1.29, 1.82) is 0 Å². The van der Waals surface area contributed by atoms with Crippen molar-refractivity contribution in [3.63, 3.8) is 0 Å². The van der Waals surface area contributed by atoms with Gasteiger partial charge in [0.05, 0.1) is 24.5 Å². The van der Waals surface area contributed by atoms with Crippen LogP contribution in [0.25, 0.3) is 0 Å². The molecule has 15 heavy (non-hydrogen) atoms. The Bertz CT molecular complexity index is 357. The maximum Gasteiger partial charge on any atom is 0.258 e. The molecule has 0 saturated carbocycles. The molecule has 1 amide bonds. The van der Waals surface area contributed by atoms with Gasteiger partial charge in [-0.2, -0.15) is 0 Å². The second-order valence-electron chi connectivity index (χ2n) is 3.54. The topological polar surface area (TPSA) is 42.7 Å². The van der Waals surface area contributed by atoms with Crippen molar-refractivity contribution in [1.82, 2.24) is 4.90 Å². The highest BCUT2D eigenvalue weighted by molar-refractivity contribution is 9.10. The van der Waals surface area contributed by atoms with Crippen LogP contribution in [0.4, 0.5) is 0 Å². The molecule has 2 rings (SSSR count). The van der Waals surface area contributed by atoms with Gasteiger partial charge in [-0.1, -0.05) is 0 Å². The number of carbonyl (C=O) groups is 1. The Morgan fingerprint density at radius 1 is 1.67 bits per heavy atom. The van der Waals surface area contributed by atoms with Crippen molar-refractivity contribution >= 4 is 21.8 Å². The number of amides is 1. The average molecular weight is 274 g/mol. The summed E-state index contributed by atoms with van der Waals surface area (Å²) in [5, 5.41) is 0. The Morgan fingerprint density at radius 3 is 3.00 bits per heavy atom. The van der Waals surface area contributed by atoms with Gasteiger partial charge >= 0.3 is 0 Å². The van der Waals surface area contributed by atoms with Gasteiger partial charge in [0.2, 0.25) is 0 Å². The van der Waals surface area contributed by atoms with Crippen molar-refractivity contribution < 1.29 is 13.9 Å². The number of hydrogen-bond acceptors (Lipinski definition) is 3. The molecular formula is C10H12BrNO3. The molecule has 1 aromatic rings. The van der Waals surface area contributed by atoms with Crippen LogP contribution in [-0.4, -0.2) is 37.1 Å². The molecule has 1 aliphatic rings. The number of ether oxygens (including phenoxy) is 1. The fourth-order valence-corrected chi connectivity index (χ4v) is 2.04. The third kappa shape index (κ3) is 2.08. The van der Waals surface area contributed by atoms with Crippen LogP contribution < -0.4 is 0 Å². The van der Waals surface area contributed by atoms with Crippen LogP contribution in [0.2, 0.25) is 0 Å². The molecule has 0 aliphatic carbocycles. The van der Waals surface area contributed by atoms with Crippen LogP contribution >= 0.6 is 15.9 Å². The third-order valence-corrected chi connectivity index (χ3v) is 3.24. The van der Waals surface area contributed by atoms with E-state index in [1.54, 1.807) is 18.0 Å². The Balaban J connectivity index is 2.10. The maximum absolute atomic E-state index is 12.0. The lowest BCUT2D eigenvalue weighted by molar-refractivity contribution is 0.0709. The number of rotatable bonds is 2. The van der Waals surface area contributed by atoms with Crippen molar-refractivity contribution in [3.05, 3.63) is 22.6 Å². The number of carbonyl (C=O) groups excluding carboxylic acids is 1. The molecule has 5 heteroatoms. The second kappa shape index (κ2) is 4.37. The Hall–Kier alpha value is -0.810. The van der Waals surface area contributed by atoms with Gasteiger partial charge < -0.3 is 14.1 Å². The van der Waals surface area contributed by atoms with Gasteiger partial charge in [0.15, 0.2) is 4.67 Å². The van der Waals surface area contributed by atoms with Crippen molar-refractivity contribution in [3.8, 4) is 0 Å². The lowest BCUT2D eigenvalue weighted by Crippen LogP contribution is -2.37. The monoisotopic (exact) mass is 273 g/mol. The van der Waals surface area contributed by atoms with E-state index in [9.17, 15) is 4.79 Å². The summed E-state index contributed by atoms with van der Waals surface area (Å²) in [5.74, 6) is -0.0360. The van der Waals surface area contributed by atoms with Crippen molar-refractivity contribution in [2.45, 2.75) is 12.5 Å². The summed E-state index contributed by atoms with van der Waals surface area (Å²) in [4.78, 5) is 13.7. The van der Waals surface area contributed by atoms with Crippen LogP contribution in [0.15, 0.2) is 21.4 Å². The summed E-state index contributed by atoms with van der Waals surface area (Å²) in [7, 11) is 1.79. The minimum Gasteiger partial charge on any atom is -0.457 e. The zero-order chi connectivity index (χ0) is 10.8. The summed E-state index contributed by atoms with van der Waals surface area (Å²) in [5.41, 5.74) is 0.560. The van der Waals surface area contributed by atoms with E-state index < -0.39 is 0 Å². The molecule has 1 unspecified atom stereocenters. The van der Waals surface area contributed by atoms with Gasteiger partial charge in [-0.15, -0.1) is 0 Å². The molecule has 1 atom stereocenters. The smallest absolute Gasteiger partial charge is 0.258 e. The van der Waals surface area contributed by atoms with E-state index >= 15 is 0 Å². The predicted octanol–water partition coefficient (Wildman–Crippen LogP) is 1.90. The Kier molecular flexibility index (Phi) is 3.11. The van der Waals surface area contributed by atoms with Crippen LogP contribution in [0, 0.1) is 0 Å². The van der Waals surface area contributed by atoms with E-state index in [1.807, 2.05) is 0 Å². The number of likely N-dealkylation sites (N-methyl/N-ethyl adjacent to an activating group) is 1. The van der Waals surface area contributed by atoms with Crippen LogP contribution in [0.5, 0.6) is 0 Å². The zero-order valence-electron chi connectivity index (χ0n) is 8.40. The van der Waals surface area contributed by atoms with Gasteiger partial charge in [0, 0.05) is 13.7 Å². The van der Waals surface area contributed by atoms with Crippen molar-refractivity contribution in [2.24, 2.45) is 0 Å². The van der Waals surface area contributed by atoms with Gasteiger partial charge in [-0.25, -0.2) is 0 Å². The van der Waals surface area contributed by atoms with Gasteiger partial charge in [-0.05, 0) is 28.4 Å². The highest BCUT2D eigenvalue weighted by Crippen LogP contribution is 2.21. The summed E-state index contributed by atoms with van der Waals surface area (Å²) < 4.78 is 10.8. The molecule has 2 heterocycles. The summed E-state index contributed by atoms with van der Waals surface area (Å²) in [6.45, 7) is 1.35. The minimum absolute atomic E-state index is 0.0360. The van der Waals surface area contributed by atoms with Crippen LogP contribution in [-0.2, 0) is 4.74 Å². The van der Waals surface area contributed by atoms with E-state index in [2.05, 4.69) is 15.9 Å². The lowest BCUT2D eigenvalue weighted by Gasteiger charge is -2.22. The summed E-state index contributed by atoms with van der Waals surface area (Å²) in [6, 6.07) is 1.85. The molecule has 1 aliphatic heterocycles. The number of nitrogens with zero attached hydrogens (tertiary/aromatic N) is 1. The molecule has 0 bridgehead atoms. The SMILES string of the molecule is CN(C(=O)c1ccoc1Br)C1CCOC1. The highest BCUT2D eigenvalue weighted by atomic mass is 79.9. The molecule has 82 valence electrons. The fraction of sp³-hybridized carbons (Fsp3) is 0.500. The third-order valence-electron chi connectivity index (χ3n) is 2.62. The number of hydrogen-bond donors (Lipinski definition) is 0. The van der Waals surface area contributed by atoms with Crippen molar-refractivity contribution in [2.75, 3.05) is 20.3 Å². The molecule has 1 fully saturated rings. The summed E-state index contributed by atoms with van der Waals surface area (Å²) >= 11 is 3.20. The van der Waals surface area contributed by atoms with E-state index in [0.717, 1.165) is 13.0 Å². The van der Waals surface area contributed by atoms with E-state index in [0.29, 0.717) is 16.8 Å². The minimum atomic E-state index is -0.0360. The molecule has 4 nitrogen and oxygen atoms in total. The molecule has 0 radical (unpaired) electrons. The Morgan fingerprint density at radius 2 is 2.47 bits per heavy atom. The molecule has 0 N–H and O–H groups in total. The van der Waals surface area contributed by atoms with Gasteiger partial charge in [0.25, 0.3) is 5.91 Å². The number of furan rings is 1. The van der Waals surface area contributed by atoms with E-state index in [1.165, 1.54) is 6.26 Å². The summed E-state index contributed by atoms with van der Waals surface area (Å²) in [6.07, 6.45) is 2.40. The first-order valence-corrected chi connectivity index (χ1v) is 5.57. The van der Waals surface area contributed by atoms with Gasteiger partial charge in [-0.3, -0.25) is 4.79 Å². The molecule has 0 aromatic carbocycles. The Labute approximate surface area is 96.3 Å². The van der Waals surface area contributed by atoms with Crippen LogP contribution in [0.1, 0.15) is 16.8 Å². The standard InChI is InChI=1S/C10H12BrNO3/c1-12(7-2-4-14-6-7)10(13)8-3-5-15-9(8)11/h3,5,7H,2,4,6H2,1H3. The maximum atomic E-state index is 12.0. The van der Waals surface area contributed by atoms with Gasteiger partial charge in [0.1, 0.15) is 0 Å². The second-order valence-corrected chi connectivity index (χ2v) is 4.26. The first-order valence-electron chi connectivity index (χ1n) is 4.78. The highest BCUT2D eigenvalue weighted by Gasteiger charge is 2.26. The van der Waals surface area contributed by atoms with E-state index in [4.69, 9.17) is 9.15 Å². The first-order chi connectivity index (χ1) is 7.20.